The average molecular weight is 387 g/mol. The number of pyridine rings is 1. The summed E-state index contributed by atoms with van der Waals surface area (Å²) in [4.78, 5) is 4.22. The van der Waals surface area contributed by atoms with Crippen molar-refractivity contribution in [3.63, 3.8) is 0 Å². The van der Waals surface area contributed by atoms with Crippen molar-refractivity contribution in [2.75, 3.05) is 12.0 Å². The van der Waals surface area contributed by atoms with Crippen molar-refractivity contribution in [2.24, 2.45) is 10.9 Å². The Labute approximate surface area is 162 Å². The fraction of sp³-hybridized carbons (Fsp3) is 0.0526. The summed E-state index contributed by atoms with van der Waals surface area (Å²) in [6.07, 6.45) is 7.24. The summed E-state index contributed by atoms with van der Waals surface area (Å²) in [5.74, 6) is 0.511. The number of anilines is 1. The van der Waals surface area contributed by atoms with Crippen LogP contribution in [0.2, 0.25) is 5.02 Å². The number of hydrogen-bond acceptors (Lipinski definition) is 5. The molecule has 0 aliphatic carbocycles. The highest BCUT2D eigenvalue weighted by molar-refractivity contribution is 7.79. The van der Waals surface area contributed by atoms with Crippen LogP contribution in [-0.4, -0.2) is 22.3 Å². The molecule has 1 heterocycles. The number of nitrogens with zero attached hydrogens (tertiary/aromatic N) is 2. The van der Waals surface area contributed by atoms with Crippen LogP contribution in [0.3, 0.4) is 0 Å². The molecule has 3 rings (SSSR count). The number of rotatable bonds is 3. The summed E-state index contributed by atoms with van der Waals surface area (Å²) in [6.45, 7) is 0. The van der Waals surface area contributed by atoms with Crippen molar-refractivity contribution in [1.82, 2.24) is 4.98 Å². The lowest BCUT2D eigenvalue weighted by molar-refractivity contribution is 0.318. The molecule has 0 spiro atoms. The highest BCUT2D eigenvalue weighted by Gasteiger charge is 2.05. The fourth-order valence-electron chi connectivity index (χ4n) is 2.40. The predicted octanol–water partition coefficient (Wildman–Crippen LogP) is 4.28. The third-order valence-electron chi connectivity index (χ3n) is 3.68. The number of benzene rings is 2. The molecule has 7 heteroatoms. The van der Waals surface area contributed by atoms with Gasteiger partial charge in [-0.2, -0.15) is 12.6 Å². The van der Waals surface area contributed by atoms with Crippen LogP contribution in [0.15, 0.2) is 53.8 Å². The Bertz CT molecular complexity index is 950. The van der Waals surface area contributed by atoms with Gasteiger partial charge in [0, 0.05) is 27.7 Å². The number of fused-ring (bicyclic) bond motifs is 1. The molecule has 1 aromatic heterocycles. The van der Waals surface area contributed by atoms with E-state index < -0.39 is 0 Å². The van der Waals surface area contributed by atoms with Crippen molar-refractivity contribution in [2.45, 2.75) is 0 Å². The first-order chi connectivity index (χ1) is 12.6. The third kappa shape index (κ3) is 4.47. The van der Waals surface area contributed by atoms with E-state index >= 15 is 0 Å². The van der Waals surface area contributed by atoms with Crippen LogP contribution >= 0.6 is 24.2 Å². The molecule has 134 valence electrons. The predicted molar refractivity (Wildman–Crippen MR) is 114 cm³/mol. The summed E-state index contributed by atoms with van der Waals surface area (Å²) in [7, 11) is 0. The monoisotopic (exact) mass is 386 g/mol. The number of hydrogen-bond donors (Lipinski definition) is 4. The first kappa shape index (κ1) is 19.6. The van der Waals surface area contributed by atoms with Crippen LogP contribution < -0.4 is 11.5 Å². The summed E-state index contributed by atoms with van der Waals surface area (Å²) in [6, 6.07) is 12.9. The number of aromatic nitrogens is 1. The van der Waals surface area contributed by atoms with Gasteiger partial charge in [0.2, 0.25) is 0 Å². The maximum absolute atomic E-state index is 8.68. The zero-order chi connectivity index (χ0) is 19.1. The standard InChI is InChI=1S/C18H15ClN4O.CH4S/c19-14-7-6-13-10-22-18(21)15(16(13)9-14)8-3-11-1-4-12(5-2-11)17(20)23-24;1-2/h1-10,24H,(H2,20,23)(H2,21,22);2H,1H3/b8-3+;. The number of halogens is 1. The lowest BCUT2D eigenvalue weighted by Gasteiger charge is -2.06. The molecule has 0 aliphatic rings. The van der Waals surface area contributed by atoms with E-state index in [9.17, 15) is 0 Å². The van der Waals surface area contributed by atoms with Crippen molar-refractivity contribution >= 4 is 58.8 Å². The van der Waals surface area contributed by atoms with Crippen LogP contribution in [-0.2, 0) is 0 Å². The number of thiol groups is 1. The molecule has 2 aromatic carbocycles. The quantitative estimate of drug-likeness (QED) is 0.177. The number of oxime groups is 1. The van der Waals surface area contributed by atoms with E-state index in [-0.39, 0.29) is 5.84 Å². The van der Waals surface area contributed by atoms with Crippen LogP contribution in [0.1, 0.15) is 16.7 Å². The molecule has 0 fully saturated rings. The molecule has 0 radical (unpaired) electrons. The minimum Gasteiger partial charge on any atom is -0.409 e. The smallest absolute Gasteiger partial charge is 0.170 e. The van der Waals surface area contributed by atoms with Gasteiger partial charge in [0.05, 0.1) is 0 Å². The molecular formula is C19H19ClN4OS. The second-order valence-electron chi connectivity index (χ2n) is 5.23. The van der Waals surface area contributed by atoms with Crippen LogP contribution in [0, 0.1) is 0 Å². The molecule has 5 N–H and O–H groups in total. The number of nitrogens with two attached hydrogens (primary N) is 2. The van der Waals surface area contributed by atoms with Gasteiger partial charge in [-0.05, 0) is 29.3 Å². The van der Waals surface area contributed by atoms with Crippen molar-refractivity contribution in [3.05, 3.63) is 70.4 Å². The Balaban J connectivity index is 0.00000117. The maximum Gasteiger partial charge on any atom is 0.170 e. The molecule has 5 nitrogen and oxygen atoms in total. The Morgan fingerprint density at radius 1 is 1.15 bits per heavy atom. The topological polar surface area (TPSA) is 97.5 Å². The van der Waals surface area contributed by atoms with Crippen molar-refractivity contribution in [1.29, 1.82) is 0 Å². The zero-order valence-electron chi connectivity index (χ0n) is 14.1. The van der Waals surface area contributed by atoms with E-state index in [1.807, 2.05) is 42.5 Å². The van der Waals surface area contributed by atoms with Crippen LogP contribution in [0.4, 0.5) is 5.82 Å². The molecule has 0 unspecified atom stereocenters. The maximum atomic E-state index is 8.68. The van der Waals surface area contributed by atoms with Gasteiger partial charge in [0.15, 0.2) is 5.84 Å². The van der Waals surface area contributed by atoms with Crippen molar-refractivity contribution in [3.8, 4) is 0 Å². The van der Waals surface area contributed by atoms with Crippen LogP contribution in [0.25, 0.3) is 22.9 Å². The first-order valence-electron chi connectivity index (χ1n) is 7.63. The molecule has 0 amide bonds. The fourth-order valence-corrected chi connectivity index (χ4v) is 2.57. The van der Waals surface area contributed by atoms with Crippen molar-refractivity contribution < 1.29 is 5.21 Å². The van der Waals surface area contributed by atoms with Gasteiger partial charge in [-0.1, -0.05) is 59.2 Å². The van der Waals surface area contributed by atoms with E-state index in [0.717, 1.165) is 21.9 Å². The molecular weight excluding hydrogens is 368 g/mol. The molecule has 0 saturated heterocycles. The van der Waals surface area contributed by atoms with E-state index in [2.05, 4.69) is 22.8 Å². The largest absolute Gasteiger partial charge is 0.409 e. The van der Waals surface area contributed by atoms with E-state index in [0.29, 0.717) is 16.4 Å². The highest BCUT2D eigenvalue weighted by Crippen LogP contribution is 2.27. The Morgan fingerprint density at radius 3 is 2.50 bits per heavy atom. The van der Waals surface area contributed by atoms with Gasteiger partial charge >= 0.3 is 0 Å². The van der Waals surface area contributed by atoms with Gasteiger partial charge in [-0.15, -0.1) is 0 Å². The Morgan fingerprint density at radius 2 is 1.85 bits per heavy atom. The third-order valence-corrected chi connectivity index (χ3v) is 3.92. The lowest BCUT2D eigenvalue weighted by atomic mass is 10.0. The number of nitrogen functional groups attached to an aromatic ring is 1. The molecule has 3 aromatic rings. The van der Waals surface area contributed by atoms with Gasteiger partial charge in [-0.25, -0.2) is 4.98 Å². The minimum absolute atomic E-state index is 0.0719. The van der Waals surface area contributed by atoms with E-state index in [1.165, 1.54) is 0 Å². The summed E-state index contributed by atoms with van der Waals surface area (Å²) < 4.78 is 0. The normalized spacial score (nSPS) is 11.4. The summed E-state index contributed by atoms with van der Waals surface area (Å²) in [5, 5.41) is 14.2. The SMILES string of the molecule is CS.NC(=NO)c1ccc(/C=C/c2c(N)ncc3ccc(Cl)cc23)cc1. The summed E-state index contributed by atoms with van der Waals surface area (Å²) in [5.41, 5.74) is 14.0. The summed E-state index contributed by atoms with van der Waals surface area (Å²) >= 11 is 9.62. The average Bonchev–Trinajstić information content (AvgIpc) is 2.68. The molecule has 0 aliphatic heterocycles. The van der Waals surface area contributed by atoms with E-state index in [4.69, 9.17) is 28.3 Å². The minimum atomic E-state index is 0.0719. The zero-order valence-corrected chi connectivity index (χ0v) is 15.7. The van der Waals surface area contributed by atoms with Gasteiger partial charge in [0.1, 0.15) is 5.82 Å². The number of amidine groups is 1. The van der Waals surface area contributed by atoms with Gasteiger partial charge in [0.25, 0.3) is 0 Å². The second-order valence-corrected chi connectivity index (χ2v) is 5.67. The lowest BCUT2D eigenvalue weighted by Crippen LogP contribution is -2.12. The highest BCUT2D eigenvalue weighted by atomic mass is 35.5. The molecule has 0 atom stereocenters. The molecule has 26 heavy (non-hydrogen) atoms. The van der Waals surface area contributed by atoms with Gasteiger partial charge in [-0.3, -0.25) is 0 Å². The second kappa shape index (κ2) is 9.12. The van der Waals surface area contributed by atoms with E-state index in [1.54, 1.807) is 24.6 Å². The molecule has 0 saturated carbocycles. The van der Waals surface area contributed by atoms with Crippen LogP contribution in [0.5, 0.6) is 0 Å². The molecule has 0 bridgehead atoms. The Kier molecular flexibility index (Phi) is 6.89. The Hall–Kier alpha value is -2.70. The van der Waals surface area contributed by atoms with Gasteiger partial charge < -0.3 is 16.7 Å². The first-order valence-corrected chi connectivity index (χ1v) is 8.90.